The van der Waals surface area contributed by atoms with E-state index in [2.05, 4.69) is 10.6 Å². The van der Waals surface area contributed by atoms with Gasteiger partial charge in [-0.2, -0.15) is 0 Å². The standard InChI is InChI=1S/C22H24ClN3O5/c1-3-13(2)19(26-21(29)15-4-8-16(23)9-5-15)22(30)31-12-18(27)25-17-10-6-14(7-11-17)20(24)28/h4-11,13,19H,3,12H2,1-2H3,(H2,24,28)(H,25,27)(H,26,29)/t13-,19+/m0/s1. The van der Waals surface area contributed by atoms with E-state index >= 15 is 0 Å². The lowest BCUT2D eigenvalue weighted by Crippen LogP contribution is -2.46. The average Bonchev–Trinajstić information content (AvgIpc) is 2.76. The molecule has 4 N–H and O–H groups in total. The van der Waals surface area contributed by atoms with Crippen molar-refractivity contribution in [2.75, 3.05) is 11.9 Å². The highest BCUT2D eigenvalue weighted by molar-refractivity contribution is 6.30. The Morgan fingerprint density at radius 1 is 1.00 bits per heavy atom. The van der Waals surface area contributed by atoms with Crippen LogP contribution in [0.1, 0.15) is 41.0 Å². The number of rotatable bonds is 9. The summed E-state index contributed by atoms with van der Waals surface area (Å²) >= 11 is 5.83. The molecule has 0 aliphatic rings. The molecule has 0 radical (unpaired) electrons. The topological polar surface area (TPSA) is 128 Å². The summed E-state index contributed by atoms with van der Waals surface area (Å²) in [5.41, 5.74) is 6.24. The van der Waals surface area contributed by atoms with E-state index in [0.29, 0.717) is 28.3 Å². The predicted molar refractivity (Wildman–Crippen MR) is 117 cm³/mol. The molecule has 0 fully saturated rings. The van der Waals surface area contributed by atoms with E-state index in [1.807, 2.05) is 6.92 Å². The Morgan fingerprint density at radius 3 is 2.13 bits per heavy atom. The van der Waals surface area contributed by atoms with Crippen LogP contribution in [0.3, 0.4) is 0 Å². The van der Waals surface area contributed by atoms with E-state index in [1.54, 1.807) is 31.2 Å². The Bertz CT molecular complexity index is 945. The third kappa shape index (κ3) is 7.11. The molecule has 0 aliphatic carbocycles. The fraction of sp³-hybridized carbons (Fsp3) is 0.273. The molecule has 164 valence electrons. The van der Waals surface area contributed by atoms with Crippen molar-refractivity contribution in [3.8, 4) is 0 Å². The number of ether oxygens (including phenoxy) is 1. The molecule has 2 aromatic carbocycles. The average molecular weight is 446 g/mol. The zero-order valence-corrected chi connectivity index (χ0v) is 17.9. The maximum Gasteiger partial charge on any atom is 0.329 e. The summed E-state index contributed by atoms with van der Waals surface area (Å²) in [4.78, 5) is 48.2. The first-order chi connectivity index (χ1) is 14.7. The maximum absolute atomic E-state index is 12.6. The summed E-state index contributed by atoms with van der Waals surface area (Å²) in [7, 11) is 0. The van der Waals surface area contributed by atoms with Crippen LogP contribution >= 0.6 is 11.6 Å². The number of esters is 1. The van der Waals surface area contributed by atoms with Crippen molar-refractivity contribution in [3.63, 3.8) is 0 Å². The second-order valence-corrected chi connectivity index (χ2v) is 7.38. The summed E-state index contributed by atoms with van der Waals surface area (Å²) in [6, 6.07) is 11.3. The molecule has 8 nitrogen and oxygen atoms in total. The number of nitrogens with two attached hydrogens (primary N) is 1. The lowest BCUT2D eigenvalue weighted by atomic mass is 9.99. The highest BCUT2D eigenvalue weighted by atomic mass is 35.5. The third-order valence-corrected chi connectivity index (χ3v) is 4.91. The van der Waals surface area contributed by atoms with Crippen molar-refractivity contribution in [2.45, 2.75) is 26.3 Å². The number of carbonyl (C=O) groups is 4. The van der Waals surface area contributed by atoms with Crippen molar-refractivity contribution < 1.29 is 23.9 Å². The van der Waals surface area contributed by atoms with Crippen molar-refractivity contribution in [1.29, 1.82) is 0 Å². The summed E-state index contributed by atoms with van der Waals surface area (Å²) in [5.74, 6) is -2.52. The minimum Gasteiger partial charge on any atom is -0.454 e. The second kappa shape index (κ2) is 11.1. The Kier molecular flexibility index (Phi) is 8.57. The molecule has 0 saturated heterocycles. The van der Waals surface area contributed by atoms with Gasteiger partial charge in [0, 0.05) is 21.8 Å². The number of halogens is 1. The monoisotopic (exact) mass is 445 g/mol. The van der Waals surface area contributed by atoms with E-state index in [9.17, 15) is 19.2 Å². The molecule has 2 rings (SSSR count). The Balaban J connectivity index is 1.95. The van der Waals surface area contributed by atoms with Gasteiger partial charge in [-0.05, 0) is 54.4 Å². The number of amides is 3. The number of nitrogens with one attached hydrogen (secondary N) is 2. The summed E-state index contributed by atoms with van der Waals surface area (Å²) < 4.78 is 5.12. The van der Waals surface area contributed by atoms with Gasteiger partial charge >= 0.3 is 5.97 Å². The van der Waals surface area contributed by atoms with Crippen LogP contribution in [0.5, 0.6) is 0 Å². The van der Waals surface area contributed by atoms with Crippen molar-refractivity contribution >= 4 is 41.0 Å². The van der Waals surface area contributed by atoms with Gasteiger partial charge in [0.15, 0.2) is 6.61 Å². The molecule has 0 aliphatic heterocycles. The fourth-order valence-corrected chi connectivity index (χ4v) is 2.76. The molecule has 0 saturated carbocycles. The van der Waals surface area contributed by atoms with E-state index in [1.165, 1.54) is 24.3 Å². The highest BCUT2D eigenvalue weighted by Gasteiger charge is 2.28. The molecule has 9 heteroatoms. The zero-order chi connectivity index (χ0) is 23.0. The van der Waals surface area contributed by atoms with Gasteiger partial charge in [-0.25, -0.2) is 4.79 Å². The van der Waals surface area contributed by atoms with Crippen LogP contribution in [0.2, 0.25) is 5.02 Å². The minimum absolute atomic E-state index is 0.215. The molecule has 3 amide bonds. The van der Waals surface area contributed by atoms with Crippen LogP contribution in [0.4, 0.5) is 5.69 Å². The first-order valence-corrected chi connectivity index (χ1v) is 10.0. The van der Waals surface area contributed by atoms with Crippen LogP contribution in [-0.4, -0.2) is 36.3 Å². The lowest BCUT2D eigenvalue weighted by molar-refractivity contribution is -0.150. The van der Waals surface area contributed by atoms with Crippen molar-refractivity contribution in [1.82, 2.24) is 5.32 Å². The van der Waals surface area contributed by atoms with Gasteiger partial charge in [0.05, 0.1) is 0 Å². The molecular weight excluding hydrogens is 422 g/mol. The molecular formula is C22H24ClN3O5. The minimum atomic E-state index is -0.921. The van der Waals surface area contributed by atoms with E-state index in [0.717, 1.165) is 0 Å². The molecule has 0 aromatic heterocycles. The molecule has 0 bridgehead atoms. The van der Waals surface area contributed by atoms with E-state index in [-0.39, 0.29) is 5.92 Å². The van der Waals surface area contributed by atoms with Crippen LogP contribution in [0.25, 0.3) is 0 Å². The van der Waals surface area contributed by atoms with Gasteiger partial charge < -0.3 is 21.1 Å². The van der Waals surface area contributed by atoms with Gasteiger partial charge in [0.2, 0.25) is 5.91 Å². The number of hydrogen-bond donors (Lipinski definition) is 3. The zero-order valence-electron chi connectivity index (χ0n) is 17.2. The molecule has 2 aromatic rings. The maximum atomic E-state index is 12.6. The van der Waals surface area contributed by atoms with Gasteiger partial charge in [-0.3, -0.25) is 14.4 Å². The molecule has 0 heterocycles. The fourth-order valence-electron chi connectivity index (χ4n) is 2.64. The first-order valence-electron chi connectivity index (χ1n) is 9.64. The Labute approximate surface area is 185 Å². The highest BCUT2D eigenvalue weighted by Crippen LogP contribution is 2.14. The lowest BCUT2D eigenvalue weighted by Gasteiger charge is -2.22. The van der Waals surface area contributed by atoms with Crippen molar-refractivity contribution in [2.24, 2.45) is 11.7 Å². The molecule has 31 heavy (non-hydrogen) atoms. The largest absolute Gasteiger partial charge is 0.454 e. The first kappa shape index (κ1) is 23.9. The summed E-state index contributed by atoms with van der Waals surface area (Å²) in [6.45, 7) is 3.15. The SMILES string of the molecule is CC[C@H](C)[C@@H](NC(=O)c1ccc(Cl)cc1)C(=O)OCC(=O)Nc1ccc(C(N)=O)cc1. The number of anilines is 1. The summed E-state index contributed by atoms with van der Waals surface area (Å²) in [6.07, 6.45) is 0.610. The number of benzene rings is 2. The number of carbonyl (C=O) groups excluding carboxylic acids is 4. The van der Waals surface area contributed by atoms with Gasteiger partial charge in [0.1, 0.15) is 6.04 Å². The van der Waals surface area contributed by atoms with Crippen LogP contribution in [-0.2, 0) is 14.3 Å². The van der Waals surface area contributed by atoms with E-state index < -0.39 is 36.3 Å². The number of primary amides is 1. The van der Waals surface area contributed by atoms with Crippen LogP contribution in [0, 0.1) is 5.92 Å². The second-order valence-electron chi connectivity index (χ2n) is 6.94. The van der Waals surface area contributed by atoms with Gasteiger partial charge in [0.25, 0.3) is 11.8 Å². The number of hydrogen-bond acceptors (Lipinski definition) is 5. The van der Waals surface area contributed by atoms with Crippen molar-refractivity contribution in [3.05, 3.63) is 64.7 Å². The van der Waals surface area contributed by atoms with E-state index in [4.69, 9.17) is 22.1 Å². The van der Waals surface area contributed by atoms with Crippen LogP contribution < -0.4 is 16.4 Å². The van der Waals surface area contributed by atoms with Crippen LogP contribution in [0.15, 0.2) is 48.5 Å². The van der Waals surface area contributed by atoms with Gasteiger partial charge in [-0.15, -0.1) is 0 Å². The Morgan fingerprint density at radius 2 is 1.58 bits per heavy atom. The summed E-state index contributed by atoms with van der Waals surface area (Å²) in [5, 5.41) is 5.70. The molecule has 0 unspecified atom stereocenters. The van der Waals surface area contributed by atoms with Gasteiger partial charge in [-0.1, -0.05) is 31.9 Å². The normalized spacial score (nSPS) is 12.4. The third-order valence-electron chi connectivity index (χ3n) is 4.66. The Hall–Kier alpha value is -3.39. The molecule has 2 atom stereocenters. The predicted octanol–water partition coefficient (Wildman–Crippen LogP) is 2.77. The molecule has 0 spiro atoms. The quantitative estimate of drug-likeness (QED) is 0.511. The smallest absolute Gasteiger partial charge is 0.329 e.